The Labute approximate surface area is 118 Å². The van der Waals surface area contributed by atoms with Crippen molar-refractivity contribution in [1.29, 1.82) is 0 Å². The standard InChI is InChI=1S/C10H10F2N2O2.Na/c11-10(12)9-8-5-1-4(5)2-6(8)14(13-9)3-7(15)16;/h4-5,10H,1-3H2,(H,15,16);/q;+1/p-1. The van der Waals surface area contributed by atoms with Crippen LogP contribution in [0.4, 0.5) is 8.78 Å². The SMILES string of the molecule is O=C([O-])Cn1nc(C(F)F)c2c1CC1CC21.[Na+]. The molecule has 0 aliphatic heterocycles. The molecule has 0 radical (unpaired) electrons. The summed E-state index contributed by atoms with van der Waals surface area (Å²) >= 11 is 0. The number of alkyl halides is 2. The summed E-state index contributed by atoms with van der Waals surface area (Å²) < 4.78 is 26.6. The molecule has 3 rings (SSSR count). The molecule has 2 aliphatic carbocycles. The maximum atomic E-state index is 12.7. The first-order valence-electron chi connectivity index (χ1n) is 5.15. The van der Waals surface area contributed by atoms with Gasteiger partial charge in [-0.3, -0.25) is 4.68 Å². The molecule has 2 unspecified atom stereocenters. The second-order valence-corrected chi connectivity index (χ2v) is 4.38. The van der Waals surface area contributed by atoms with Crippen molar-refractivity contribution in [3.8, 4) is 0 Å². The second-order valence-electron chi connectivity index (χ2n) is 4.38. The Morgan fingerprint density at radius 1 is 1.59 bits per heavy atom. The number of aromatic nitrogens is 2. The van der Waals surface area contributed by atoms with Crippen LogP contribution in [0.25, 0.3) is 0 Å². The van der Waals surface area contributed by atoms with E-state index in [0.717, 1.165) is 11.1 Å². The minimum Gasteiger partial charge on any atom is -0.548 e. The van der Waals surface area contributed by atoms with Gasteiger partial charge in [0, 0.05) is 11.3 Å². The second kappa shape index (κ2) is 4.33. The van der Waals surface area contributed by atoms with Crippen LogP contribution in [0.2, 0.25) is 0 Å². The van der Waals surface area contributed by atoms with E-state index < -0.39 is 18.9 Å². The predicted molar refractivity (Wildman–Crippen MR) is 46.7 cm³/mol. The normalized spacial score (nSPS) is 24.2. The molecule has 17 heavy (non-hydrogen) atoms. The molecule has 4 nitrogen and oxygen atoms in total. The average Bonchev–Trinajstić information content (AvgIpc) is 2.70. The number of hydrogen-bond acceptors (Lipinski definition) is 3. The van der Waals surface area contributed by atoms with Crippen molar-refractivity contribution < 1.29 is 48.2 Å². The predicted octanol–water partition coefficient (Wildman–Crippen LogP) is -2.77. The molecule has 2 atom stereocenters. The van der Waals surface area contributed by atoms with Gasteiger partial charge in [-0.1, -0.05) is 0 Å². The Morgan fingerprint density at radius 3 is 2.88 bits per heavy atom. The summed E-state index contributed by atoms with van der Waals surface area (Å²) in [5.41, 5.74) is 1.03. The van der Waals surface area contributed by atoms with Gasteiger partial charge >= 0.3 is 29.6 Å². The van der Waals surface area contributed by atoms with Gasteiger partial charge in [0.1, 0.15) is 5.69 Å². The Morgan fingerprint density at radius 2 is 2.29 bits per heavy atom. The van der Waals surface area contributed by atoms with Gasteiger partial charge in [-0.2, -0.15) is 5.10 Å². The van der Waals surface area contributed by atoms with Gasteiger partial charge in [0.15, 0.2) is 0 Å². The molecule has 0 amide bonds. The zero-order valence-corrected chi connectivity index (χ0v) is 11.3. The van der Waals surface area contributed by atoms with E-state index in [1.807, 2.05) is 0 Å². The fourth-order valence-electron chi connectivity index (χ4n) is 2.64. The summed E-state index contributed by atoms with van der Waals surface area (Å²) in [6, 6.07) is 0. The fraction of sp³-hybridized carbons (Fsp3) is 0.600. The number of carbonyl (C=O) groups excluding carboxylic acids is 1. The monoisotopic (exact) mass is 250 g/mol. The first-order valence-corrected chi connectivity index (χ1v) is 5.15. The van der Waals surface area contributed by atoms with Crippen LogP contribution >= 0.6 is 0 Å². The smallest absolute Gasteiger partial charge is 0.548 e. The molecule has 1 heterocycles. The molecular weight excluding hydrogens is 241 g/mol. The quantitative estimate of drug-likeness (QED) is 0.546. The van der Waals surface area contributed by atoms with Crippen LogP contribution in [0.5, 0.6) is 0 Å². The summed E-state index contributed by atoms with van der Waals surface area (Å²) in [5.74, 6) is -0.681. The number of carbonyl (C=O) groups is 1. The van der Waals surface area contributed by atoms with Crippen LogP contribution < -0.4 is 34.7 Å². The number of halogens is 2. The summed E-state index contributed by atoms with van der Waals surface area (Å²) in [6.45, 7) is -0.436. The van der Waals surface area contributed by atoms with E-state index in [1.165, 1.54) is 0 Å². The molecule has 0 spiro atoms. The maximum absolute atomic E-state index is 12.7. The number of carboxylic acid groups (broad SMARTS) is 1. The first-order chi connectivity index (χ1) is 7.58. The summed E-state index contributed by atoms with van der Waals surface area (Å²) in [7, 11) is 0. The fourth-order valence-corrected chi connectivity index (χ4v) is 2.64. The minimum atomic E-state index is -2.63. The zero-order chi connectivity index (χ0) is 11.4. The van der Waals surface area contributed by atoms with Crippen molar-refractivity contribution in [2.45, 2.75) is 31.7 Å². The number of carboxylic acids is 1. The Bertz CT molecular complexity index is 475. The van der Waals surface area contributed by atoms with Gasteiger partial charge in [0.2, 0.25) is 0 Å². The first kappa shape index (κ1) is 13.0. The molecule has 1 aromatic heterocycles. The molecule has 86 valence electrons. The maximum Gasteiger partial charge on any atom is 1.00 e. The molecule has 0 aromatic carbocycles. The molecule has 1 aromatic rings. The summed E-state index contributed by atoms with van der Waals surface area (Å²) in [5, 5.41) is 14.2. The average molecular weight is 250 g/mol. The van der Waals surface area contributed by atoms with Gasteiger partial charge in [-0.15, -0.1) is 0 Å². The van der Waals surface area contributed by atoms with Gasteiger partial charge in [-0.25, -0.2) is 8.78 Å². The molecule has 0 saturated heterocycles. The Balaban J connectivity index is 0.00000108. The van der Waals surface area contributed by atoms with Crippen LogP contribution in [0, 0.1) is 5.92 Å². The Kier molecular flexibility index (Phi) is 3.31. The van der Waals surface area contributed by atoms with E-state index in [9.17, 15) is 18.7 Å². The van der Waals surface area contributed by atoms with Crippen molar-refractivity contribution in [2.24, 2.45) is 5.92 Å². The molecular formula is C10H9F2N2NaO2. The van der Waals surface area contributed by atoms with Crippen LogP contribution in [0.15, 0.2) is 0 Å². The van der Waals surface area contributed by atoms with Crippen molar-refractivity contribution in [3.63, 3.8) is 0 Å². The molecule has 2 aliphatic rings. The number of rotatable bonds is 3. The van der Waals surface area contributed by atoms with E-state index >= 15 is 0 Å². The van der Waals surface area contributed by atoms with Crippen LogP contribution in [-0.4, -0.2) is 15.7 Å². The van der Waals surface area contributed by atoms with Crippen molar-refractivity contribution >= 4 is 5.97 Å². The zero-order valence-electron chi connectivity index (χ0n) is 9.32. The third-order valence-electron chi connectivity index (χ3n) is 3.36. The number of aliphatic carboxylic acids is 1. The molecule has 1 fully saturated rings. The van der Waals surface area contributed by atoms with Gasteiger partial charge in [-0.05, 0) is 24.7 Å². The van der Waals surface area contributed by atoms with Gasteiger partial charge in [0.25, 0.3) is 6.43 Å². The largest absolute Gasteiger partial charge is 1.00 e. The van der Waals surface area contributed by atoms with E-state index in [0.29, 0.717) is 23.6 Å². The van der Waals surface area contributed by atoms with E-state index in [-0.39, 0.29) is 41.2 Å². The molecule has 1 saturated carbocycles. The Hall–Kier alpha value is -0.460. The van der Waals surface area contributed by atoms with Crippen LogP contribution in [-0.2, 0) is 17.8 Å². The minimum absolute atomic E-state index is 0. The van der Waals surface area contributed by atoms with Crippen LogP contribution in [0.3, 0.4) is 0 Å². The summed E-state index contributed by atoms with van der Waals surface area (Å²) in [4.78, 5) is 10.5. The summed E-state index contributed by atoms with van der Waals surface area (Å²) in [6.07, 6.45) is -1.02. The van der Waals surface area contributed by atoms with Crippen LogP contribution in [0.1, 0.15) is 35.7 Å². The molecule has 0 N–H and O–H groups in total. The van der Waals surface area contributed by atoms with Crippen molar-refractivity contribution in [2.75, 3.05) is 0 Å². The van der Waals surface area contributed by atoms with Gasteiger partial charge in [0.05, 0.1) is 12.5 Å². The van der Waals surface area contributed by atoms with E-state index in [1.54, 1.807) is 0 Å². The van der Waals surface area contributed by atoms with Gasteiger partial charge < -0.3 is 9.90 Å². The third kappa shape index (κ3) is 2.02. The third-order valence-corrected chi connectivity index (χ3v) is 3.36. The van der Waals surface area contributed by atoms with Crippen molar-refractivity contribution in [1.82, 2.24) is 9.78 Å². The molecule has 0 bridgehead atoms. The number of nitrogens with zero attached hydrogens (tertiary/aromatic N) is 2. The van der Waals surface area contributed by atoms with E-state index in [4.69, 9.17) is 0 Å². The molecule has 7 heteroatoms. The van der Waals surface area contributed by atoms with E-state index in [2.05, 4.69) is 5.10 Å². The van der Waals surface area contributed by atoms with Crippen molar-refractivity contribution in [3.05, 3.63) is 17.0 Å². The number of fused-ring (bicyclic) bond motifs is 3. The topological polar surface area (TPSA) is 57.9 Å². The number of hydrogen-bond donors (Lipinski definition) is 0.